The molecule has 0 amide bonds. The van der Waals surface area contributed by atoms with Crippen LogP contribution in [0.4, 0.5) is 0 Å². The maximum absolute atomic E-state index is 5.87. The van der Waals surface area contributed by atoms with E-state index in [0.717, 1.165) is 0 Å². The van der Waals surface area contributed by atoms with Crippen molar-refractivity contribution in [2.45, 2.75) is 26.7 Å². The standard InChI is InChI=1S/C16H18ClN/c1-16(2,3)15(12-7-5-4-6-8-12)13-9-10-14(17)18-11-13/h4-11,15H,1-3H3. The van der Waals surface area contributed by atoms with Crippen molar-refractivity contribution in [2.24, 2.45) is 5.41 Å². The minimum atomic E-state index is 0.136. The van der Waals surface area contributed by atoms with Gasteiger partial charge in [-0.25, -0.2) is 4.98 Å². The summed E-state index contributed by atoms with van der Waals surface area (Å²) in [5.74, 6) is 0.323. The van der Waals surface area contributed by atoms with Crippen molar-refractivity contribution >= 4 is 11.6 Å². The molecule has 1 aromatic carbocycles. The van der Waals surface area contributed by atoms with Crippen molar-refractivity contribution in [3.8, 4) is 0 Å². The largest absolute Gasteiger partial charge is 0.244 e. The molecule has 0 aliphatic heterocycles. The lowest BCUT2D eigenvalue weighted by Crippen LogP contribution is -2.19. The van der Waals surface area contributed by atoms with E-state index in [-0.39, 0.29) is 5.41 Å². The van der Waals surface area contributed by atoms with Crippen LogP contribution in [-0.2, 0) is 0 Å². The third-order valence-corrected chi connectivity index (χ3v) is 3.31. The summed E-state index contributed by atoms with van der Waals surface area (Å²) in [5, 5.41) is 0.541. The molecule has 0 N–H and O–H groups in total. The quantitative estimate of drug-likeness (QED) is 0.698. The van der Waals surface area contributed by atoms with E-state index in [4.69, 9.17) is 11.6 Å². The third-order valence-electron chi connectivity index (χ3n) is 3.08. The second-order valence-electron chi connectivity index (χ2n) is 5.62. The second-order valence-corrected chi connectivity index (χ2v) is 6.01. The number of benzene rings is 1. The predicted molar refractivity (Wildman–Crippen MR) is 77.0 cm³/mol. The first-order chi connectivity index (χ1) is 8.48. The zero-order valence-electron chi connectivity index (χ0n) is 11.0. The molecule has 0 fully saturated rings. The normalized spacial score (nSPS) is 13.3. The van der Waals surface area contributed by atoms with Crippen LogP contribution in [0.1, 0.15) is 37.8 Å². The first-order valence-electron chi connectivity index (χ1n) is 6.15. The number of hydrogen-bond acceptors (Lipinski definition) is 1. The Labute approximate surface area is 114 Å². The average molecular weight is 260 g/mol. The zero-order chi connectivity index (χ0) is 13.2. The maximum atomic E-state index is 5.87. The highest BCUT2D eigenvalue weighted by atomic mass is 35.5. The van der Waals surface area contributed by atoms with E-state index in [9.17, 15) is 0 Å². The molecule has 1 atom stereocenters. The summed E-state index contributed by atoms with van der Waals surface area (Å²) in [6, 6.07) is 14.5. The lowest BCUT2D eigenvalue weighted by Gasteiger charge is -2.31. The van der Waals surface area contributed by atoms with Gasteiger partial charge in [0.1, 0.15) is 5.15 Å². The highest BCUT2D eigenvalue weighted by Crippen LogP contribution is 2.40. The van der Waals surface area contributed by atoms with Gasteiger partial charge in [0.2, 0.25) is 0 Å². The van der Waals surface area contributed by atoms with E-state index in [1.807, 2.05) is 18.3 Å². The molecule has 1 heterocycles. The van der Waals surface area contributed by atoms with Crippen molar-refractivity contribution in [1.82, 2.24) is 4.98 Å². The Balaban J connectivity index is 2.47. The third kappa shape index (κ3) is 2.91. The SMILES string of the molecule is CC(C)(C)C(c1ccccc1)c1ccc(Cl)nc1. The Morgan fingerprint density at radius 1 is 0.944 bits per heavy atom. The molecule has 94 valence electrons. The van der Waals surface area contributed by atoms with Gasteiger partial charge in [0.05, 0.1) is 0 Å². The fourth-order valence-corrected chi connectivity index (χ4v) is 2.51. The average Bonchev–Trinajstić information content (AvgIpc) is 2.32. The van der Waals surface area contributed by atoms with E-state index in [1.54, 1.807) is 0 Å². The van der Waals surface area contributed by atoms with Crippen LogP contribution in [0.2, 0.25) is 5.15 Å². The minimum Gasteiger partial charge on any atom is -0.244 e. The molecule has 1 unspecified atom stereocenters. The van der Waals surface area contributed by atoms with Crippen molar-refractivity contribution < 1.29 is 0 Å². The molecule has 18 heavy (non-hydrogen) atoms. The topological polar surface area (TPSA) is 12.9 Å². The molecule has 0 aliphatic carbocycles. The Morgan fingerprint density at radius 2 is 1.61 bits per heavy atom. The molecule has 2 aromatic rings. The first-order valence-corrected chi connectivity index (χ1v) is 6.52. The fourth-order valence-electron chi connectivity index (χ4n) is 2.40. The molecule has 0 spiro atoms. The van der Waals surface area contributed by atoms with Gasteiger partial charge in [-0.05, 0) is 22.6 Å². The monoisotopic (exact) mass is 259 g/mol. The number of rotatable bonds is 2. The predicted octanol–water partition coefficient (Wildman–Crippen LogP) is 4.91. The number of hydrogen-bond donors (Lipinski definition) is 0. The highest BCUT2D eigenvalue weighted by Gasteiger charge is 2.27. The van der Waals surface area contributed by atoms with Crippen LogP contribution in [0.3, 0.4) is 0 Å². The van der Waals surface area contributed by atoms with E-state index in [1.165, 1.54) is 11.1 Å². The molecule has 0 radical (unpaired) electrons. The summed E-state index contributed by atoms with van der Waals surface area (Å²) in [6.07, 6.45) is 1.88. The van der Waals surface area contributed by atoms with Crippen LogP contribution in [-0.4, -0.2) is 4.98 Å². The van der Waals surface area contributed by atoms with E-state index >= 15 is 0 Å². The van der Waals surface area contributed by atoms with Crippen LogP contribution in [0.25, 0.3) is 0 Å². The Bertz CT molecular complexity index is 497. The highest BCUT2D eigenvalue weighted by molar-refractivity contribution is 6.29. The van der Waals surface area contributed by atoms with E-state index < -0.39 is 0 Å². The molecule has 0 bridgehead atoms. The summed E-state index contributed by atoms with van der Waals surface area (Å²) in [5.41, 5.74) is 2.66. The molecule has 0 saturated heterocycles. The van der Waals surface area contributed by atoms with E-state index in [2.05, 4.69) is 56.1 Å². The summed E-state index contributed by atoms with van der Waals surface area (Å²) in [7, 11) is 0. The van der Waals surface area contributed by atoms with Gasteiger partial charge in [-0.1, -0.05) is 68.8 Å². The van der Waals surface area contributed by atoms with Crippen LogP contribution >= 0.6 is 11.6 Å². The van der Waals surface area contributed by atoms with Crippen molar-refractivity contribution in [3.05, 3.63) is 64.9 Å². The molecule has 2 rings (SSSR count). The van der Waals surface area contributed by atoms with Gasteiger partial charge in [0, 0.05) is 12.1 Å². The zero-order valence-corrected chi connectivity index (χ0v) is 11.8. The van der Waals surface area contributed by atoms with Gasteiger partial charge in [-0.15, -0.1) is 0 Å². The fraction of sp³-hybridized carbons (Fsp3) is 0.312. The van der Waals surface area contributed by atoms with Gasteiger partial charge in [-0.2, -0.15) is 0 Å². The van der Waals surface area contributed by atoms with Crippen LogP contribution in [0, 0.1) is 5.41 Å². The maximum Gasteiger partial charge on any atom is 0.129 e. The molecule has 1 nitrogen and oxygen atoms in total. The Hall–Kier alpha value is -1.34. The molecule has 2 heteroatoms. The lowest BCUT2D eigenvalue weighted by molar-refractivity contribution is 0.358. The molecular weight excluding hydrogens is 242 g/mol. The van der Waals surface area contributed by atoms with Gasteiger partial charge in [0.15, 0.2) is 0 Å². The number of nitrogens with zero attached hydrogens (tertiary/aromatic N) is 1. The smallest absolute Gasteiger partial charge is 0.129 e. The number of aromatic nitrogens is 1. The van der Waals surface area contributed by atoms with Crippen LogP contribution < -0.4 is 0 Å². The summed E-state index contributed by atoms with van der Waals surface area (Å²) in [4.78, 5) is 4.20. The van der Waals surface area contributed by atoms with Crippen LogP contribution in [0.5, 0.6) is 0 Å². The Kier molecular flexibility index (Phi) is 3.72. The van der Waals surface area contributed by atoms with E-state index in [0.29, 0.717) is 11.1 Å². The molecule has 0 aliphatic rings. The number of halogens is 1. The van der Waals surface area contributed by atoms with Crippen molar-refractivity contribution in [2.75, 3.05) is 0 Å². The molecule has 0 saturated carbocycles. The van der Waals surface area contributed by atoms with Gasteiger partial charge in [-0.3, -0.25) is 0 Å². The first kappa shape index (κ1) is 13.1. The lowest BCUT2D eigenvalue weighted by atomic mass is 9.73. The Morgan fingerprint density at radius 3 is 2.11 bits per heavy atom. The minimum absolute atomic E-state index is 0.136. The van der Waals surface area contributed by atoms with Gasteiger partial charge in [0.25, 0.3) is 0 Å². The van der Waals surface area contributed by atoms with Crippen molar-refractivity contribution in [3.63, 3.8) is 0 Å². The molecule has 1 aromatic heterocycles. The van der Waals surface area contributed by atoms with Crippen molar-refractivity contribution in [1.29, 1.82) is 0 Å². The summed E-state index contributed by atoms with van der Waals surface area (Å²) >= 11 is 5.87. The summed E-state index contributed by atoms with van der Waals surface area (Å²) < 4.78 is 0. The molecular formula is C16H18ClN. The second kappa shape index (κ2) is 5.11. The van der Waals surface area contributed by atoms with Crippen LogP contribution in [0.15, 0.2) is 48.7 Å². The number of pyridine rings is 1. The van der Waals surface area contributed by atoms with Gasteiger partial charge >= 0.3 is 0 Å². The summed E-state index contributed by atoms with van der Waals surface area (Å²) in [6.45, 7) is 6.75. The van der Waals surface area contributed by atoms with Gasteiger partial charge < -0.3 is 0 Å².